The second-order valence-electron chi connectivity index (χ2n) is 17.4. The zero-order valence-electron chi connectivity index (χ0n) is 40.7. The van der Waals surface area contributed by atoms with E-state index in [4.69, 9.17) is 9.47 Å². The first-order valence-electron chi connectivity index (χ1n) is 23.7. The Balaban J connectivity index is 0.000000221. The van der Waals surface area contributed by atoms with Gasteiger partial charge in [0.2, 0.25) is 11.8 Å². The molecular formula is C55H50F6N6O9. The van der Waals surface area contributed by atoms with Crippen molar-refractivity contribution < 1.29 is 69.7 Å². The summed E-state index contributed by atoms with van der Waals surface area (Å²) < 4.78 is 91.0. The van der Waals surface area contributed by atoms with Crippen molar-refractivity contribution in [3.05, 3.63) is 185 Å². The summed E-state index contributed by atoms with van der Waals surface area (Å²) in [5, 5.41) is 14.5. The number of nitrogens with zero attached hydrogens (tertiary/aromatic N) is 4. The lowest BCUT2D eigenvalue weighted by atomic mass is 10.1. The average Bonchev–Trinajstić information content (AvgIpc) is 3.42. The van der Waals surface area contributed by atoms with Crippen LogP contribution >= 0.6 is 0 Å². The Labute approximate surface area is 432 Å². The quantitative estimate of drug-likeness (QED) is 0.102. The Bertz CT molecular complexity index is 2810. The molecule has 0 spiro atoms. The average molecular weight is 1050 g/mol. The van der Waals surface area contributed by atoms with E-state index in [0.717, 1.165) is 29.8 Å². The maximum absolute atomic E-state index is 13.3. The van der Waals surface area contributed by atoms with Crippen molar-refractivity contribution in [2.45, 2.75) is 19.3 Å². The molecule has 2 fully saturated rings. The van der Waals surface area contributed by atoms with E-state index in [1.165, 1.54) is 56.0 Å². The lowest BCUT2D eigenvalue weighted by molar-refractivity contribution is -0.138. The van der Waals surface area contributed by atoms with E-state index in [-0.39, 0.29) is 83.0 Å². The van der Waals surface area contributed by atoms with Gasteiger partial charge in [0, 0.05) is 63.5 Å². The number of hydrogen-bond acceptors (Lipinski definition) is 9. The van der Waals surface area contributed by atoms with Crippen molar-refractivity contribution in [2.75, 3.05) is 65.4 Å². The van der Waals surface area contributed by atoms with Crippen molar-refractivity contribution in [3.8, 4) is 28.7 Å². The summed E-state index contributed by atoms with van der Waals surface area (Å²) in [5.74, 6) is -0.744. The fourth-order valence-electron chi connectivity index (χ4n) is 7.97. The number of rotatable bonds is 12. The molecule has 0 aromatic heterocycles. The van der Waals surface area contributed by atoms with Crippen LogP contribution in [0.4, 0.5) is 26.3 Å². The van der Waals surface area contributed by atoms with Crippen molar-refractivity contribution in [1.29, 1.82) is 0 Å². The van der Waals surface area contributed by atoms with Crippen LogP contribution in [0.15, 0.2) is 146 Å². The van der Waals surface area contributed by atoms with Gasteiger partial charge in [0.15, 0.2) is 0 Å². The van der Waals surface area contributed by atoms with Gasteiger partial charge in [0.1, 0.15) is 28.7 Å². The van der Waals surface area contributed by atoms with E-state index in [9.17, 15) is 60.2 Å². The van der Waals surface area contributed by atoms with Gasteiger partial charge in [-0.1, -0.05) is 42.0 Å². The number of ether oxygens (including phenoxy) is 2. The zero-order valence-corrected chi connectivity index (χ0v) is 40.7. The first-order chi connectivity index (χ1) is 36.2. The summed E-state index contributed by atoms with van der Waals surface area (Å²) in [7, 11) is 0. The minimum Gasteiger partial charge on any atom is -0.508 e. The molecule has 76 heavy (non-hydrogen) atoms. The van der Waals surface area contributed by atoms with E-state index in [2.05, 4.69) is 10.6 Å². The highest BCUT2D eigenvalue weighted by Crippen LogP contribution is 2.34. The Morgan fingerprint density at radius 2 is 0.750 bits per heavy atom. The van der Waals surface area contributed by atoms with Crippen LogP contribution in [0.5, 0.6) is 28.7 Å². The SMILES string of the molecule is Cc1ccc(Oc2ccc(C(=O)NCC(=O)N3CCN(C(=O)c4ccccc4C(F)(F)F)CC3)cc2)cc1.O=C(NCC(=O)N1CCN(C(=O)c2ccccc2C(F)(F)F)CC1)c1ccc(Oc2ccc(O)cc2)cc1. The largest absolute Gasteiger partial charge is 0.508 e. The number of phenolic OH excluding ortho intramolecular Hbond substituents is 1. The smallest absolute Gasteiger partial charge is 0.417 e. The molecule has 8 rings (SSSR count). The van der Waals surface area contributed by atoms with Crippen molar-refractivity contribution >= 4 is 35.4 Å². The third-order valence-electron chi connectivity index (χ3n) is 12.1. The molecule has 0 atom stereocenters. The molecule has 6 aromatic rings. The molecule has 0 radical (unpaired) electrons. The van der Waals surface area contributed by atoms with Gasteiger partial charge in [-0.3, -0.25) is 28.8 Å². The molecule has 2 aliphatic rings. The standard InChI is InChI=1S/C28H26F3N3O4.C27H24F3N3O5/c1-19-6-10-21(11-7-19)38-22-12-8-20(9-13-22)26(36)32-18-25(35)33-14-16-34(17-15-33)27(37)23-4-2-3-5-24(23)28(29,30)31;28-27(29,30)23-4-2-1-3-22(23)26(37)33-15-13-32(14-16-33)24(35)17-31-25(36)18-5-9-20(10-6-18)38-21-11-7-19(34)8-12-21/h2-13H,14-18H2,1H3,(H,32,36);1-12,34H,13-17H2,(H,31,36). The number of aryl methyl sites for hydroxylation is 1. The van der Waals surface area contributed by atoms with Crippen LogP contribution in [0.2, 0.25) is 0 Å². The lowest BCUT2D eigenvalue weighted by Crippen LogP contribution is -2.52. The summed E-state index contributed by atoms with van der Waals surface area (Å²) in [4.78, 5) is 81.0. The molecule has 0 bridgehead atoms. The van der Waals surface area contributed by atoms with Crippen LogP contribution in [0.3, 0.4) is 0 Å². The Kier molecular flexibility index (Phi) is 17.6. The van der Waals surface area contributed by atoms with Gasteiger partial charge in [-0.05, 0) is 116 Å². The second-order valence-corrected chi connectivity index (χ2v) is 17.4. The molecule has 0 aliphatic carbocycles. The van der Waals surface area contributed by atoms with Gasteiger partial charge >= 0.3 is 12.4 Å². The van der Waals surface area contributed by atoms with E-state index in [0.29, 0.717) is 34.1 Å². The van der Waals surface area contributed by atoms with E-state index >= 15 is 0 Å². The number of hydrogen-bond donors (Lipinski definition) is 3. The first kappa shape index (κ1) is 54.9. The number of halogens is 6. The maximum atomic E-state index is 13.3. The van der Waals surface area contributed by atoms with Crippen LogP contribution in [0.25, 0.3) is 0 Å². The zero-order chi connectivity index (χ0) is 54.6. The highest BCUT2D eigenvalue weighted by atomic mass is 19.4. The van der Waals surface area contributed by atoms with Gasteiger partial charge < -0.3 is 44.8 Å². The van der Waals surface area contributed by atoms with Crippen LogP contribution < -0.4 is 20.1 Å². The monoisotopic (exact) mass is 1050 g/mol. The minimum absolute atomic E-state index is 0.0766. The molecule has 2 saturated heterocycles. The third kappa shape index (κ3) is 14.7. The predicted molar refractivity (Wildman–Crippen MR) is 265 cm³/mol. The highest BCUT2D eigenvalue weighted by Gasteiger charge is 2.38. The van der Waals surface area contributed by atoms with E-state index in [1.54, 1.807) is 60.7 Å². The molecule has 396 valence electrons. The number of nitrogens with one attached hydrogen (secondary N) is 2. The van der Waals surface area contributed by atoms with Gasteiger partial charge in [-0.2, -0.15) is 26.3 Å². The Morgan fingerprint density at radius 3 is 1.09 bits per heavy atom. The fourth-order valence-corrected chi connectivity index (χ4v) is 7.97. The van der Waals surface area contributed by atoms with Gasteiger partial charge in [-0.15, -0.1) is 0 Å². The molecule has 15 nitrogen and oxygen atoms in total. The van der Waals surface area contributed by atoms with Gasteiger partial charge in [0.25, 0.3) is 23.6 Å². The van der Waals surface area contributed by atoms with Gasteiger partial charge in [0.05, 0.1) is 35.3 Å². The number of benzene rings is 6. The molecule has 21 heteroatoms. The number of carbonyl (C=O) groups is 6. The van der Waals surface area contributed by atoms with Crippen LogP contribution in [0.1, 0.15) is 58.1 Å². The predicted octanol–water partition coefficient (Wildman–Crippen LogP) is 8.44. The molecule has 6 amide bonds. The molecule has 6 aromatic carbocycles. The molecule has 3 N–H and O–H groups in total. The molecule has 2 aliphatic heterocycles. The summed E-state index contributed by atoms with van der Waals surface area (Å²) in [6.45, 7) is 2.38. The number of phenols is 1. The maximum Gasteiger partial charge on any atom is 0.417 e. The number of alkyl halides is 6. The summed E-state index contributed by atoms with van der Waals surface area (Å²) in [6, 6.07) is 35.7. The van der Waals surface area contributed by atoms with Gasteiger partial charge in [-0.25, -0.2) is 0 Å². The number of aromatic hydroxyl groups is 1. The number of carbonyl (C=O) groups excluding carboxylic acids is 6. The van der Waals surface area contributed by atoms with Crippen LogP contribution in [0, 0.1) is 6.92 Å². The normalized spacial score (nSPS) is 13.7. The van der Waals surface area contributed by atoms with Crippen LogP contribution in [-0.2, 0) is 21.9 Å². The van der Waals surface area contributed by atoms with Crippen molar-refractivity contribution in [1.82, 2.24) is 30.2 Å². The Morgan fingerprint density at radius 1 is 0.447 bits per heavy atom. The summed E-state index contributed by atoms with van der Waals surface area (Å²) >= 11 is 0. The molecular weight excluding hydrogens is 1000 g/mol. The first-order valence-corrected chi connectivity index (χ1v) is 23.7. The fraction of sp³-hybridized carbons (Fsp3) is 0.236. The molecule has 0 unspecified atom stereocenters. The Hall–Kier alpha value is -8.88. The second kappa shape index (κ2) is 24.4. The summed E-state index contributed by atoms with van der Waals surface area (Å²) in [6.07, 6.45) is -9.29. The third-order valence-corrected chi connectivity index (χ3v) is 12.1. The lowest BCUT2D eigenvalue weighted by Gasteiger charge is -2.35. The number of amides is 6. The molecule has 2 heterocycles. The van der Waals surface area contributed by atoms with Crippen LogP contribution in [-0.4, -0.2) is 126 Å². The molecule has 0 saturated carbocycles. The highest BCUT2D eigenvalue weighted by molar-refractivity contribution is 5.98. The topological polar surface area (TPSA) is 178 Å². The van der Waals surface area contributed by atoms with E-state index in [1.807, 2.05) is 31.2 Å². The summed E-state index contributed by atoms with van der Waals surface area (Å²) in [5.41, 5.74) is -1.04. The van der Waals surface area contributed by atoms with Crippen molar-refractivity contribution in [3.63, 3.8) is 0 Å². The number of piperazine rings is 2. The van der Waals surface area contributed by atoms with Crippen molar-refractivity contribution in [2.24, 2.45) is 0 Å². The minimum atomic E-state index is -4.65. The van der Waals surface area contributed by atoms with E-state index < -0.39 is 58.2 Å².